The second-order valence-electron chi connectivity index (χ2n) is 4.59. The Balaban J connectivity index is 2.15. The molecule has 1 aromatic heterocycles. The number of hydrogen-bond donors (Lipinski definition) is 1. The van der Waals surface area contributed by atoms with E-state index in [1.807, 2.05) is 13.8 Å². The molecule has 1 saturated heterocycles. The third-order valence-electron chi connectivity index (χ3n) is 2.88. The quantitative estimate of drug-likeness (QED) is 0.850. The van der Waals surface area contributed by atoms with Crippen LogP contribution in [0.4, 0.5) is 5.95 Å². The van der Waals surface area contributed by atoms with Crippen LogP contribution in [0.25, 0.3) is 0 Å². The molecule has 17 heavy (non-hydrogen) atoms. The van der Waals surface area contributed by atoms with Crippen LogP contribution in [0.5, 0.6) is 5.88 Å². The fourth-order valence-electron chi connectivity index (χ4n) is 2.12. The van der Waals surface area contributed by atoms with Gasteiger partial charge in [0.15, 0.2) is 0 Å². The van der Waals surface area contributed by atoms with Crippen LogP contribution in [0.3, 0.4) is 0 Å². The summed E-state index contributed by atoms with van der Waals surface area (Å²) in [6.45, 7) is 5.60. The SMILES string of the molecule is CC(C)Oc1ccnc(N2CCCC2CN)n1. The van der Waals surface area contributed by atoms with Crippen molar-refractivity contribution in [2.24, 2.45) is 5.73 Å². The van der Waals surface area contributed by atoms with Gasteiger partial charge in [-0.05, 0) is 26.7 Å². The summed E-state index contributed by atoms with van der Waals surface area (Å²) < 4.78 is 5.57. The molecule has 0 saturated carbocycles. The minimum absolute atomic E-state index is 0.127. The summed E-state index contributed by atoms with van der Waals surface area (Å²) in [6.07, 6.45) is 4.14. The summed E-state index contributed by atoms with van der Waals surface area (Å²) in [5, 5.41) is 0. The monoisotopic (exact) mass is 236 g/mol. The lowest BCUT2D eigenvalue weighted by Gasteiger charge is -2.23. The van der Waals surface area contributed by atoms with E-state index in [4.69, 9.17) is 10.5 Å². The molecule has 2 rings (SSSR count). The van der Waals surface area contributed by atoms with Crippen LogP contribution in [0.1, 0.15) is 26.7 Å². The van der Waals surface area contributed by atoms with Gasteiger partial charge in [-0.15, -0.1) is 0 Å². The molecule has 5 heteroatoms. The Hall–Kier alpha value is -1.36. The van der Waals surface area contributed by atoms with Crippen LogP contribution in [0.2, 0.25) is 0 Å². The molecule has 2 heterocycles. The molecule has 0 amide bonds. The maximum absolute atomic E-state index is 5.75. The van der Waals surface area contributed by atoms with Crippen molar-refractivity contribution in [1.29, 1.82) is 0 Å². The molecule has 5 nitrogen and oxygen atoms in total. The van der Waals surface area contributed by atoms with Crippen LogP contribution >= 0.6 is 0 Å². The number of anilines is 1. The van der Waals surface area contributed by atoms with E-state index in [1.165, 1.54) is 0 Å². The Kier molecular flexibility index (Phi) is 3.78. The maximum atomic E-state index is 5.75. The lowest BCUT2D eigenvalue weighted by molar-refractivity contribution is 0.232. The average Bonchev–Trinajstić information content (AvgIpc) is 2.76. The van der Waals surface area contributed by atoms with Gasteiger partial charge >= 0.3 is 0 Å². The lowest BCUT2D eigenvalue weighted by Crippen LogP contribution is -2.36. The highest BCUT2D eigenvalue weighted by molar-refractivity contribution is 5.35. The van der Waals surface area contributed by atoms with Crippen molar-refractivity contribution < 1.29 is 4.74 Å². The Bertz CT molecular complexity index is 369. The van der Waals surface area contributed by atoms with Gasteiger partial charge < -0.3 is 15.4 Å². The van der Waals surface area contributed by atoms with Crippen molar-refractivity contribution in [1.82, 2.24) is 9.97 Å². The number of hydrogen-bond acceptors (Lipinski definition) is 5. The standard InChI is InChI=1S/C12H20N4O/c1-9(2)17-11-5-6-14-12(15-11)16-7-3-4-10(16)8-13/h5-6,9-10H,3-4,7-8,13H2,1-2H3. The number of nitrogens with two attached hydrogens (primary N) is 1. The zero-order valence-electron chi connectivity index (χ0n) is 10.5. The van der Waals surface area contributed by atoms with Crippen molar-refractivity contribution in [3.8, 4) is 5.88 Å². The highest BCUT2D eigenvalue weighted by Gasteiger charge is 2.25. The fourth-order valence-corrected chi connectivity index (χ4v) is 2.12. The van der Waals surface area contributed by atoms with E-state index in [-0.39, 0.29) is 6.10 Å². The Labute approximate surface area is 102 Å². The van der Waals surface area contributed by atoms with Gasteiger partial charge in [0.25, 0.3) is 0 Å². The molecule has 0 aliphatic carbocycles. The highest BCUT2D eigenvalue weighted by Crippen LogP contribution is 2.23. The largest absolute Gasteiger partial charge is 0.475 e. The molecule has 0 radical (unpaired) electrons. The summed E-state index contributed by atoms with van der Waals surface area (Å²) in [4.78, 5) is 10.9. The van der Waals surface area contributed by atoms with Crippen LogP contribution in [0.15, 0.2) is 12.3 Å². The molecule has 94 valence electrons. The van der Waals surface area contributed by atoms with Crippen molar-refractivity contribution in [2.75, 3.05) is 18.0 Å². The van der Waals surface area contributed by atoms with E-state index in [0.29, 0.717) is 18.5 Å². The summed E-state index contributed by atoms with van der Waals surface area (Å²) in [5.41, 5.74) is 5.75. The predicted molar refractivity (Wildman–Crippen MR) is 67.2 cm³/mol. The van der Waals surface area contributed by atoms with Crippen molar-refractivity contribution in [3.05, 3.63) is 12.3 Å². The van der Waals surface area contributed by atoms with Gasteiger partial charge in [-0.3, -0.25) is 0 Å². The third kappa shape index (κ3) is 2.85. The smallest absolute Gasteiger partial charge is 0.228 e. The molecular formula is C12H20N4O. The van der Waals surface area contributed by atoms with E-state index >= 15 is 0 Å². The first-order valence-electron chi connectivity index (χ1n) is 6.17. The van der Waals surface area contributed by atoms with Gasteiger partial charge in [-0.1, -0.05) is 0 Å². The van der Waals surface area contributed by atoms with Crippen molar-refractivity contribution >= 4 is 5.95 Å². The van der Waals surface area contributed by atoms with E-state index < -0.39 is 0 Å². The van der Waals surface area contributed by atoms with Gasteiger partial charge in [0.2, 0.25) is 11.8 Å². The number of aromatic nitrogens is 2. The van der Waals surface area contributed by atoms with Crippen LogP contribution in [0, 0.1) is 0 Å². The number of nitrogens with zero attached hydrogens (tertiary/aromatic N) is 3. The van der Waals surface area contributed by atoms with Gasteiger partial charge in [0, 0.05) is 31.4 Å². The summed E-state index contributed by atoms with van der Waals surface area (Å²) in [5.74, 6) is 1.36. The minimum Gasteiger partial charge on any atom is -0.475 e. The second-order valence-corrected chi connectivity index (χ2v) is 4.59. The normalized spacial score (nSPS) is 20.0. The zero-order valence-corrected chi connectivity index (χ0v) is 10.5. The lowest BCUT2D eigenvalue weighted by atomic mass is 10.2. The molecule has 1 fully saturated rings. The minimum atomic E-state index is 0.127. The average molecular weight is 236 g/mol. The molecule has 1 unspecified atom stereocenters. The van der Waals surface area contributed by atoms with Crippen molar-refractivity contribution in [2.45, 2.75) is 38.8 Å². The summed E-state index contributed by atoms with van der Waals surface area (Å²) >= 11 is 0. The maximum Gasteiger partial charge on any atom is 0.228 e. The fraction of sp³-hybridized carbons (Fsp3) is 0.667. The predicted octanol–water partition coefficient (Wildman–Crippen LogP) is 1.19. The van der Waals surface area contributed by atoms with E-state index in [9.17, 15) is 0 Å². The van der Waals surface area contributed by atoms with Gasteiger partial charge in [0.05, 0.1) is 6.10 Å². The number of rotatable bonds is 4. The molecule has 1 atom stereocenters. The van der Waals surface area contributed by atoms with E-state index in [1.54, 1.807) is 12.3 Å². The third-order valence-corrected chi connectivity index (χ3v) is 2.88. The first-order valence-corrected chi connectivity index (χ1v) is 6.17. The Morgan fingerprint density at radius 3 is 3.12 bits per heavy atom. The van der Waals surface area contributed by atoms with E-state index in [2.05, 4.69) is 14.9 Å². The highest BCUT2D eigenvalue weighted by atomic mass is 16.5. The Morgan fingerprint density at radius 2 is 2.41 bits per heavy atom. The zero-order chi connectivity index (χ0) is 12.3. The Morgan fingerprint density at radius 1 is 1.59 bits per heavy atom. The summed E-state index contributed by atoms with van der Waals surface area (Å²) in [6, 6.07) is 2.15. The summed E-state index contributed by atoms with van der Waals surface area (Å²) in [7, 11) is 0. The molecule has 1 aromatic rings. The van der Waals surface area contributed by atoms with Crippen LogP contribution in [-0.2, 0) is 0 Å². The van der Waals surface area contributed by atoms with Crippen molar-refractivity contribution in [3.63, 3.8) is 0 Å². The van der Waals surface area contributed by atoms with Crippen LogP contribution in [-0.4, -0.2) is 35.2 Å². The molecule has 1 aliphatic rings. The molecule has 2 N–H and O–H groups in total. The molecule has 0 bridgehead atoms. The van der Waals surface area contributed by atoms with Crippen LogP contribution < -0.4 is 15.4 Å². The molecule has 0 spiro atoms. The topological polar surface area (TPSA) is 64.3 Å². The molecule has 0 aromatic carbocycles. The van der Waals surface area contributed by atoms with E-state index in [0.717, 1.165) is 25.3 Å². The first kappa shape index (κ1) is 12.1. The second kappa shape index (κ2) is 5.31. The molecule has 1 aliphatic heterocycles. The molecular weight excluding hydrogens is 216 g/mol. The number of ether oxygens (including phenoxy) is 1. The first-order chi connectivity index (χ1) is 8.20. The van der Waals surface area contributed by atoms with Gasteiger partial charge in [-0.2, -0.15) is 4.98 Å². The van der Waals surface area contributed by atoms with Gasteiger partial charge in [0.1, 0.15) is 0 Å². The van der Waals surface area contributed by atoms with Gasteiger partial charge in [-0.25, -0.2) is 4.98 Å².